The van der Waals surface area contributed by atoms with Gasteiger partial charge < -0.3 is 16.0 Å². The summed E-state index contributed by atoms with van der Waals surface area (Å²) in [7, 11) is 0. The van der Waals surface area contributed by atoms with E-state index in [1.54, 1.807) is 24.3 Å². The molecule has 4 rings (SSSR count). The van der Waals surface area contributed by atoms with Gasteiger partial charge in [0.2, 0.25) is 5.91 Å². The number of nitrogens with one attached hydrogen (secondary N) is 3. The van der Waals surface area contributed by atoms with Crippen LogP contribution in [0.5, 0.6) is 0 Å². The van der Waals surface area contributed by atoms with Crippen LogP contribution in [0.15, 0.2) is 48.5 Å². The molecular weight excluding hydrogens is 386 g/mol. The summed E-state index contributed by atoms with van der Waals surface area (Å²) in [6.45, 7) is 0. The molecule has 2 aliphatic rings. The number of fused-ring (bicyclic) bond motifs is 1. The van der Waals surface area contributed by atoms with Crippen molar-refractivity contribution in [2.75, 3.05) is 10.6 Å². The first-order valence-electron chi connectivity index (χ1n) is 10.3. The van der Waals surface area contributed by atoms with Crippen LogP contribution < -0.4 is 16.0 Å². The zero-order valence-electron chi connectivity index (χ0n) is 16.3. The van der Waals surface area contributed by atoms with Crippen molar-refractivity contribution in [3.63, 3.8) is 0 Å². The van der Waals surface area contributed by atoms with Gasteiger partial charge in [0.05, 0.1) is 0 Å². The van der Waals surface area contributed by atoms with Gasteiger partial charge in [-0.05, 0) is 60.9 Å². The van der Waals surface area contributed by atoms with Gasteiger partial charge in [0.15, 0.2) is 0 Å². The molecule has 2 unspecified atom stereocenters. The second kappa shape index (κ2) is 8.87. The number of carbonyl (C=O) groups is 2. The first kappa shape index (κ1) is 19.8. The van der Waals surface area contributed by atoms with Crippen LogP contribution in [-0.2, 0) is 4.79 Å². The van der Waals surface area contributed by atoms with Crippen molar-refractivity contribution in [2.24, 2.45) is 5.92 Å². The molecular formula is C23H26ClN3O2. The lowest BCUT2D eigenvalue weighted by molar-refractivity contribution is -0.118. The summed E-state index contributed by atoms with van der Waals surface area (Å²) in [6.07, 6.45) is 6.71. The fourth-order valence-corrected chi connectivity index (χ4v) is 4.83. The summed E-state index contributed by atoms with van der Waals surface area (Å²) in [6, 6.07) is 14.0. The molecule has 0 bridgehead atoms. The fourth-order valence-electron chi connectivity index (χ4n) is 4.64. The molecule has 0 radical (unpaired) electrons. The quantitative estimate of drug-likeness (QED) is 0.620. The lowest BCUT2D eigenvalue weighted by atomic mass is 9.74. The van der Waals surface area contributed by atoms with Crippen molar-refractivity contribution in [1.29, 1.82) is 0 Å². The summed E-state index contributed by atoms with van der Waals surface area (Å²) in [5.74, 6) is 0.622. The molecule has 1 saturated carbocycles. The molecule has 2 aromatic rings. The number of halogens is 1. The lowest BCUT2D eigenvalue weighted by Gasteiger charge is -2.31. The Balaban J connectivity index is 1.52. The number of carbonyl (C=O) groups excluding carboxylic acids is 2. The molecule has 5 nitrogen and oxygen atoms in total. The van der Waals surface area contributed by atoms with Crippen LogP contribution in [0.4, 0.5) is 16.2 Å². The molecule has 1 aliphatic carbocycles. The maximum atomic E-state index is 12.9. The molecule has 0 saturated heterocycles. The second-order valence-corrected chi connectivity index (χ2v) is 8.41. The molecule has 0 spiro atoms. The third-order valence-corrected chi connectivity index (χ3v) is 6.27. The highest BCUT2D eigenvalue weighted by Gasteiger charge is 2.35. The normalized spacial score (nSPS) is 22.2. The predicted octanol–water partition coefficient (Wildman–Crippen LogP) is 5.54. The van der Waals surface area contributed by atoms with Gasteiger partial charge in [-0.25, -0.2) is 4.79 Å². The molecule has 29 heavy (non-hydrogen) atoms. The van der Waals surface area contributed by atoms with Crippen molar-refractivity contribution >= 4 is 34.9 Å². The maximum absolute atomic E-state index is 12.9. The average molecular weight is 412 g/mol. The highest BCUT2D eigenvalue weighted by molar-refractivity contribution is 6.30. The number of anilines is 2. The Morgan fingerprint density at radius 2 is 1.83 bits per heavy atom. The molecule has 3 amide bonds. The maximum Gasteiger partial charge on any atom is 0.319 e. The lowest BCUT2D eigenvalue weighted by Crippen LogP contribution is -2.45. The average Bonchev–Trinajstić information content (AvgIpc) is 2.85. The number of urea groups is 1. The molecule has 1 fully saturated rings. The van der Waals surface area contributed by atoms with E-state index in [2.05, 4.69) is 22.0 Å². The molecule has 3 N–H and O–H groups in total. The van der Waals surface area contributed by atoms with E-state index in [1.165, 1.54) is 37.7 Å². The van der Waals surface area contributed by atoms with E-state index >= 15 is 0 Å². The van der Waals surface area contributed by atoms with Gasteiger partial charge >= 0.3 is 6.03 Å². The zero-order chi connectivity index (χ0) is 20.2. The Bertz CT molecular complexity index is 895. The van der Waals surface area contributed by atoms with Crippen LogP contribution in [0, 0.1) is 5.92 Å². The minimum atomic E-state index is -0.589. The van der Waals surface area contributed by atoms with Crippen LogP contribution in [0.2, 0.25) is 5.02 Å². The van der Waals surface area contributed by atoms with E-state index in [4.69, 9.17) is 11.6 Å². The van der Waals surface area contributed by atoms with E-state index in [0.29, 0.717) is 23.0 Å². The van der Waals surface area contributed by atoms with Gasteiger partial charge in [-0.15, -0.1) is 0 Å². The molecule has 6 heteroatoms. The summed E-state index contributed by atoms with van der Waals surface area (Å²) in [5.41, 5.74) is 2.65. The molecule has 0 aromatic heterocycles. The third-order valence-electron chi connectivity index (χ3n) is 6.03. The van der Waals surface area contributed by atoms with Crippen molar-refractivity contribution in [3.8, 4) is 0 Å². The Morgan fingerprint density at radius 3 is 2.62 bits per heavy atom. The first-order valence-corrected chi connectivity index (χ1v) is 10.7. The molecule has 1 heterocycles. The number of hydrogen-bond acceptors (Lipinski definition) is 2. The van der Waals surface area contributed by atoms with Gasteiger partial charge in [0.25, 0.3) is 0 Å². The summed E-state index contributed by atoms with van der Waals surface area (Å²) >= 11 is 5.99. The Hall–Kier alpha value is -2.53. The predicted molar refractivity (Wildman–Crippen MR) is 116 cm³/mol. The van der Waals surface area contributed by atoms with E-state index in [-0.39, 0.29) is 11.8 Å². The monoisotopic (exact) mass is 411 g/mol. The van der Waals surface area contributed by atoms with E-state index in [0.717, 1.165) is 5.69 Å². The van der Waals surface area contributed by atoms with Crippen LogP contribution in [-0.4, -0.2) is 18.0 Å². The van der Waals surface area contributed by atoms with Crippen molar-refractivity contribution in [1.82, 2.24) is 5.32 Å². The van der Waals surface area contributed by atoms with Crippen LogP contribution in [0.25, 0.3) is 0 Å². The van der Waals surface area contributed by atoms with E-state index in [9.17, 15) is 9.59 Å². The summed E-state index contributed by atoms with van der Waals surface area (Å²) in [5, 5.41) is 9.21. The molecule has 2 aromatic carbocycles. The van der Waals surface area contributed by atoms with Gasteiger partial charge in [0.1, 0.15) is 6.04 Å². The van der Waals surface area contributed by atoms with Crippen LogP contribution in [0.3, 0.4) is 0 Å². The van der Waals surface area contributed by atoms with Gasteiger partial charge in [-0.3, -0.25) is 4.79 Å². The largest absolute Gasteiger partial charge is 0.326 e. The number of hydrogen-bond donors (Lipinski definition) is 3. The van der Waals surface area contributed by atoms with Crippen molar-refractivity contribution in [2.45, 2.75) is 50.5 Å². The zero-order valence-corrected chi connectivity index (χ0v) is 17.0. The Morgan fingerprint density at radius 1 is 1.03 bits per heavy atom. The van der Waals surface area contributed by atoms with E-state index in [1.807, 2.05) is 18.2 Å². The fraction of sp³-hybridized carbons (Fsp3) is 0.391. The second-order valence-electron chi connectivity index (χ2n) is 7.98. The number of para-hydroxylation sites is 1. The van der Waals surface area contributed by atoms with Crippen LogP contribution in [0.1, 0.15) is 50.0 Å². The highest BCUT2D eigenvalue weighted by atomic mass is 35.5. The van der Waals surface area contributed by atoms with Gasteiger partial charge in [-0.1, -0.05) is 55.1 Å². The summed E-state index contributed by atoms with van der Waals surface area (Å²) < 4.78 is 0. The minimum Gasteiger partial charge on any atom is -0.326 e. The standard InChI is InChI=1S/C23H26ClN3O2/c24-16-9-6-10-17(13-16)25-23(29)27-21-14-19(15-7-2-1-3-8-15)18-11-4-5-12-20(18)26-22(21)28/h4-6,9-13,15,19,21H,1-3,7-8,14H2,(H,26,28)(H2,25,27,29). The Labute approximate surface area is 176 Å². The summed E-state index contributed by atoms with van der Waals surface area (Å²) in [4.78, 5) is 25.4. The van der Waals surface area contributed by atoms with Crippen molar-refractivity contribution in [3.05, 3.63) is 59.1 Å². The van der Waals surface area contributed by atoms with Gasteiger partial charge in [-0.2, -0.15) is 0 Å². The number of amides is 3. The SMILES string of the molecule is O=C(Nc1cccc(Cl)c1)NC1CC(C2CCCCC2)c2ccccc2NC1=O. The topological polar surface area (TPSA) is 70.2 Å². The molecule has 152 valence electrons. The molecule has 1 aliphatic heterocycles. The first-order chi connectivity index (χ1) is 14.1. The number of rotatable bonds is 3. The van der Waals surface area contributed by atoms with Crippen molar-refractivity contribution < 1.29 is 9.59 Å². The van der Waals surface area contributed by atoms with Gasteiger partial charge in [0, 0.05) is 16.4 Å². The smallest absolute Gasteiger partial charge is 0.319 e. The van der Waals surface area contributed by atoms with E-state index < -0.39 is 12.1 Å². The minimum absolute atomic E-state index is 0.169. The third kappa shape index (κ3) is 4.73. The molecule has 2 atom stereocenters. The Kier molecular flexibility index (Phi) is 6.05. The highest BCUT2D eigenvalue weighted by Crippen LogP contribution is 2.42. The van der Waals surface area contributed by atoms with Crippen LogP contribution >= 0.6 is 11.6 Å². The number of benzene rings is 2.